The smallest absolute Gasteiger partial charge is 1.00 e. The van der Waals surface area contributed by atoms with E-state index < -0.39 is 17.9 Å². The summed E-state index contributed by atoms with van der Waals surface area (Å²) in [5, 5.41) is 17.5. The number of rotatable bonds is 14. The minimum absolute atomic E-state index is 0. The Hall–Kier alpha value is -0.0600. The largest absolute Gasteiger partial charge is 1.00 e. The molecular formula is C16H31NaO4. The van der Waals surface area contributed by atoms with Crippen molar-refractivity contribution in [3.05, 3.63) is 0 Å². The maximum Gasteiger partial charge on any atom is 1.00 e. The molecule has 0 aromatic carbocycles. The van der Waals surface area contributed by atoms with Gasteiger partial charge in [-0.3, -0.25) is 9.59 Å². The van der Waals surface area contributed by atoms with Gasteiger partial charge in [0.25, 0.3) is 0 Å². The molecule has 2 N–H and O–H groups in total. The third-order valence-corrected chi connectivity index (χ3v) is 3.68. The van der Waals surface area contributed by atoms with E-state index in [1.54, 1.807) is 0 Å². The third-order valence-electron chi connectivity index (χ3n) is 3.68. The number of hydrogen-bond donors (Lipinski definition) is 2. The maximum absolute atomic E-state index is 10.9. The van der Waals surface area contributed by atoms with Crippen LogP contribution in [0.3, 0.4) is 0 Å². The van der Waals surface area contributed by atoms with E-state index in [-0.39, 0.29) is 37.4 Å². The molecule has 0 bridgehead atoms. The molecule has 0 spiro atoms. The quantitative estimate of drug-likeness (QED) is 0.377. The van der Waals surface area contributed by atoms with Gasteiger partial charge in [0, 0.05) is 0 Å². The summed E-state index contributed by atoms with van der Waals surface area (Å²) in [6.07, 6.45) is 12.2. The van der Waals surface area contributed by atoms with E-state index in [2.05, 4.69) is 6.92 Å². The molecule has 0 rings (SSSR count). The SMILES string of the molecule is CCCCCCCCCCCCC(CC(=O)O)C(=O)O.[H-].[Na+]. The van der Waals surface area contributed by atoms with E-state index in [4.69, 9.17) is 10.2 Å². The zero-order valence-electron chi connectivity index (χ0n) is 14.8. The first-order valence-corrected chi connectivity index (χ1v) is 8.02. The van der Waals surface area contributed by atoms with Crippen molar-refractivity contribution in [2.45, 2.75) is 84.0 Å². The van der Waals surface area contributed by atoms with E-state index in [1.807, 2.05) is 0 Å². The van der Waals surface area contributed by atoms with Gasteiger partial charge in [0.05, 0.1) is 12.3 Å². The first-order chi connectivity index (χ1) is 9.57. The summed E-state index contributed by atoms with van der Waals surface area (Å²) >= 11 is 0. The number of carbonyl (C=O) groups is 2. The Balaban J connectivity index is -0.00000180. The minimum atomic E-state index is -1.02. The average Bonchev–Trinajstić information content (AvgIpc) is 2.39. The molecule has 0 aromatic heterocycles. The molecule has 1 unspecified atom stereocenters. The molecule has 0 saturated heterocycles. The molecule has 0 amide bonds. The van der Waals surface area contributed by atoms with Gasteiger partial charge in [0.15, 0.2) is 0 Å². The molecule has 0 aliphatic heterocycles. The van der Waals surface area contributed by atoms with Crippen molar-refractivity contribution < 1.29 is 50.8 Å². The van der Waals surface area contributed by atoms with Crippen LogP contribution in [0.5, 0.6) is 0 Å². The molecule has 0 radical (unpaired) electrons. The molecule has 120 valence electrons. The fraction of sp³-hybridized carbons (Fsp3) is 0.875. The van der Waals surface area contributed by atoms with E-state index in [0.29, 0.717) is 6.42 Å². The maximum atomic E-state index is 10.9. The minimum Gasteiger partial charge on any atom is -1.00 e. The summed E-state index contributed by atoms with van der Waals surface area (Å²) in [6, 6.07) is 0. The van der Waals surface area contributed by atoms with Gasteiger partial charge < -0.3 is 11.6 Å². The second-order valence-corrected chi connectivity index (χ2v) is 5.60. The van der Waals surface area contributed by atoms with E-state index >= 15 is 0 Å². The Morgan fingerprint density at radius 1 is 0.857 bits per heavy atom. The van der Waals surface area contributed by atoms with Crippen molar-refractivity contribution in [3.63, 3.8) is 0 Å². The Morgan fingerprint density at radius 3 is 1.67 bits per heavy atom. The van der Waals surface area contributed by atoms with Gasteiger partial charge in [-0.2, -0.15) is 0 Å². The van der Waals surface area contributed by atoms with Crippen LogP contribution in [0.25, 0.3) is 0 Å². The summed E-state index contributed by atoms with van der Waals surface area (Å²) < 4.78 is 0. The van der Waals surface area contributed by atoms with Gasteiger partial charge in [0.1, 0.15) is 0 Å². The van der Waals surface area contributed by atoms with Crippen molar-refractivity contribution in [3.8, 4) is 0 Å². The number of carboxylic acid groups (broad SMARTS) is 2. The van der Waals surface area contributed by atoms with Gasteiger partial charge in [-0.25, -0.2) is 0 Å². The molecule has 0 saturated carbocycles. The van der Waals surface area contributed by atoms with Crippen LogP contribution in [0, 0.1) is 5.92 Å². The van der Waals surface area contributed by atoms with Crippen LogP contribution in [0.4, 0.5) is 0 Å². The first-order valence-electron chi connectivity index (χ1n) is 8.02. The summed E-state index contributed by atoms with van der Waals surface area (Å²) in [4.78, 5) is 21.4. The van der Waals surface area contributed by atoms with Gasteiger partial charge in [-0.05, 0) is 6.42 Å². The zero-order valence-corrected chi connectivity index (χ0v) is 15.8. The summed E-state index contributed by atoms with van der Waals surface area (Å²) in [5.41, 5.74) is 0. The van der Waals surface area contributed by atoms with Crippen molar-refractivity contribution in [2.75, 3.05) is 0 Å². The van der Waals surface area contributed by atoms with Gasteiger partial charge >= 0.3 is 41.5 Å². The van der Waals surface area contributed by atoms with Crippen LogP contribution < -0.4 is 29.6 Å². The van der Waals surface area contributed by atoms with Crippen LogP contribution >= 0.6 is 0 Å². The molecule has 0 heterocycles. The Labute approximate surface area is 152 Å². The van der Waals surface area contributed by atoms with Gasteiger partial charge in [-0.15, -0.1) is 0 Å². The van der Waals surface area contributed by atoms with E-state index in [9.17, 15) is 9.59 Å². The van der Waals surface area contributed by atoms with Gasteiger partial charge in [0.2, 0.25) is 0 Å². The number of hydrogen-bond acceptors (Lipinski definition) is 2. The standard InChI is InChI=1S/C16H30O4.Na.H/c1-2-3-4-5-6-7-8-9-10-11-12-14(16(19)20)13-15(17)18;;/h14H,2-13H2,1H3,(H,17,18)(H,19,20);;/q;+1;-1. The molecule has 21 heavy (non-hydrogen) atoms. The third kappa shape index (κ3) is 16.1. The number of carboxylic acids is 2. The summed E-state index contributed by atoms with van der Waals surface area (Å²) in [6.45, 7) is 2.22. The second kappa shape index (κ2) is 16.3. The Kier molecular flexibility index (Phi) is 18.0. The predicted molar refractivity (Wildman–Crippen MR) is 81.0 cm³/mol. The zero-order chi connectivity index (χ0) is 15.2. The van der Waals surface area contributed by atoms with Crippen molar-refractivity contribution >= 4 is 11.9 Å². The van der Waals surface area contributed by atoms with Crippen molar-refractivity contribution in [1.82, 2.24) is 0 Å². The molecular weight excluding hydrogens is 279 g/mol. The number of unbranched alkanes of at least 4 members (excludes halogenated alkanes) is 9. The van der Waals surface area contributed by atoms with Crippen LogP contribution in [0.1, 0.15) is 85.4 Å². The summed E-state index contributed by atoms with van der Waals surface area (Å²) in [5.74, 6) is -2.73. The molecule has 5 heteroatoms. The van der Waals surface area contributed by atoms with Crippen LogP contribution in [0.2, 0.25) is 0 Å². The Bertz CT molecular complexity index is 275. The van der Waals surface area contributed by atoms with E-state index in [1.165, 1.54) is 44.9 Å². The van der Waals surface area contributed by atoms with Gasteiger partial charge in [-0.1, -0.05) is 71.1 Å². The molecule has 0 aliphatic rings. The molecule has 0 aromatic rings. The molecule has 0 fully saturated rings. The fourth-order valence-electron chi connectivity index (χ4n) is 2.40. The Morgan fingerprint density at radius 2 is 1.29 bits per heavy atom. The van der Waals surface area contributed by atoms with Crippen LogP contribution in [-0.4, -0.2) is 22.2 Å². The van der Waals surface area contributed by atoms with Crippen LogP contribution in [0.15, 0.2) is 0 Å². The number of aliphatic carboxylic acids is 2. The summed E-state index contributed by atoms with van der Waals surface area (Å²) in [7, 11) is 0. The molecule has 4 nitrogen and oxygen atoms in total. The first kappa shape index (κ1) is 23.2. The second-order valence-electron chi connectivity index (χ2n) is 5.60. The van der Waals surface area contributed by atoms with Crippen molar-refractivity contribution in [2.24, 2.45) is 5.92 Å². The fourth-order valence-corrected chi connectivity index (χ4v) is 2.40. The van der Waals surface area contributed by atoms with Crippen molar-refractivity contribution in [1.29, 1.82) is 0 Å². The predicted octanol–water partition coefficient (Wildman–Crippen LogP) is 1.59. The van der Waals surface area contributed by atoms with E-state index in [0.717, 1.165) is 19.3 Å². The average molecular weight is 310 g/mol. The topological polar surface area (TPSA) is 74.6 Å². The normalized spacial score (nSPS) is 11.7. The molecule has 0 aliphatic carbocycles. The monoisotopic (exact) mass is 310 g/mol. The van der Waals surface area contributed by atoms with Crippen LogP contribution in [-0.2, 0) is 9.59 Å². The molecule has 1 atom stereocenters.